The number of aryl methyl sites for hydroxylation is 1. The van der Waals surface area contributed by atoms with E-state index in [2.05, 4.69) is 16.0 Å². The lowest BCUT2D eigenvalue weighted by Crippen LogP contribution is -2.58. The maximum absolute atomic E-state index is 13.0. The monoisotopic (exact) mass is 470 g/mol. The SMILES string of the molecule is CSc1ccc(NCC(=O)NC(C(=O)NC(CCc2ccccc2)C(N)=O)C(C)(C)C)cc1. The number of nitrogens with one attached hydrogen (secondary N) is 3. The van der Waals surface area contributed by atoms with E-state index in [0.717, 1.165) is 16.1 Å². The van der Waals surface area contributed by atoms with Gasteiger partial charge >= 0.3 is 0 Å². The van der Waals surface area contributed by atoms with Crippen molar-refractivity contribution in [3.63, 3.8) is 0 Å². The summed E-state index contributed by atoms with van der Waals surface area (Å²) in [4.78, 5) is 38.7. The van der Waals surface area contributed by atoms with Crippen LogP contribution in [0.1, 0.15) is 32.8 Å². The summed E-state index contributed by atoms with van der Waals surface area (Å²) < 4.78 is 0. The average Bonchev–Trinajstić information content (AvgIpc) is 2.78. The van der Waals surface area contributed by atoms with Crippen LogP contribution in [0.3, 0.4) is 0 Å². The topological polar surface area (TPSA) is 113 Å². The standard InChI is InChI=1S/C25H34N4O3S/c1-25(2,3)22(29-21(30)16-27-18-11-13-19(33-4)14-12-18)24(32)28-20(23(26)31)15-10-17-8-6-5-7-9-17/h5-9,11-14,20,22,27H,10,15-16H2,1-4H3,(H2,26,31)(H,28,32)(H,29,30). The van der Waals surface area contributed by atoms with Crippen molar-refractivity contribution in [3.05, 3.63) is 60.2 Å². The Morgan fingerprint density at radius 3 is 2.15 bits per heavy atom. The molecule has 2 unspecified atom stereocenters. The van der Waals surface area contributed by atoms with Gasteiger partial charge in [-0.15, -0.1) is 11.8 Å². The Bertz CT molecular complexity index is 927. The summed E-state index contributed by atoms with van der Waals surface area (Å²) in [5.41, 5.74) is 6.84. The highest BCUT2D eigenvalue weighted by molar-refractivity contribution is 7.98. The Hall–Kier alpha value is -3.00. The van der Waals surface area contributed by atoms with Gasteiger partial charge < -0.3 is 21.7 Å². The van der Waals surface area contributed by atoms with E-state index in [-0.39, 0.29) is 12.5 Å². The normalized spacial score (nSPS) is 13.0. The number of hydrogen-bond donors (Lipinski definition) is 4. The quantitative estimate of drug-likeness (QED) is 0.377. The first-order valence-corrected chi connectivity index (χ1v) is 12.1. The van der Waals surface area contributed by atoms with Crippen LogP contribution >= 0.6 is 11.8 Å². The van der Waals surface area contributed by atoms with E-state index in [1.54, 1.807) is 11.8 Å². The molecule has 0 spiro atoms. The molecule has 0 radical (unpaired) electrons. The van der Waals surface area contributed by atoms with E-state index >= 15 is 0 Å². The molecule has 0 aliphatic heterocycles. The Kier molecular flexibility index (Phi) is 9.78. The van der Waals surface area contributed by atoms with Gasteiger partial charge in [-0.25, -0.2) is 0 Å². The van der Waals surface area contributed by atoms with Gasteiger partial charge in [0, 0.05) is 10.6 Å². The van der Waals surface area contributed by atoms with Crippen LogP contribution in [0.2, 0.25) is 0 Å². The summed E-state index contributed by atoms with van der Waals surface area (Å²) in [5, 5.41) is 8.59. The maximum atomic E-state index is 13.0. The zero-order valence-electron chi connectivity index (χ0n) is 19.7. The zero-order chi connectivity index (χ0) is 24.4. The molecule has 0 aliphatic rings. The molecule has 0 aliphatic carbocycles. The van der Waals surface area contributed by atoms with Gasteiger partial charge in [0.05, 0.1) is 6.54 Å². The number of primary amides is 1. The van der Waals surface area contributed by atoms with Crippen LogP contribution in [0.4, 0.5) is 5.69 Å². The zero-order valence-corrected chi connectivity index (χ0v) is 20.5. The van der Waals surface area contributed by atoms with Crippen LogP contribution in [-0.4, -0.2) is 42.6 Å². The van der Waals surface area contributed by atoms with Crippen molar-refractivity contribution in [2.75, 3.05) is 18.1 Å². The van der Waals surface area contributed by atoms with E-state index < -0.39 is 29.3 Å². The minimum absolute atomic E-state index is 0.0196. The summed E-state index contributed by atoms with van der Waals surface area (Å²) >= 11 is 1.64. The molecule has 0 aromatic heterocycles. The van der Waals surface area contributed by atoms with Gasteiger partial charge in [0.1, 0.15) is 12.1 Å². The highest BCUT2D eigenvalue weighted by Crippen LogP contribution is 2.20. The van der Waals surface area contributed by atoms with Crippen molar-refractivity contribution in [3.8, 4) is 0 Å². The average molecular weight is 471 g/mol. The van der Waals surface area contributed by atoms with Crippen molar-refractivity contribution in [1.29, 1.82) is 0 Å². The lowest BCUT2D eigenvalue weighted by atomic mass is 9.85. The molecule has 0 bridgehead atoms. The molecule has 0 fully saturated rings. The summed E-state index contributed by atoms with van der Waals surface area (Å²) in [6, 6.07) is 15.8. The van der Waals surface area contributed by atoms with E-state index in [4.69, 9.17) is 5.73 Å². The predicted molar refractivity (Wildman–Crippen MR) is 134 cm³/mol. The van der Waals surface area contributed by atoms with Gasteiger partial charge in [-0.05, 0) is 54.3 Å². The molecule has 33 heavy (non-hydrogen) atoms. The fourth-order valence-electron chi connectivity index (χ4n) is 3.27. The smallest absolute Gasteiger partial charge is 0.243 e. The van der Waals surface area contributed by atoms with Crippen LogP contribution < -0.4 is 21.7 Å². The minimum Gasteiger partial charge on any atom is -0.376 e. The summed E-state index contributed by atoms with van der Waals surface area (Å²) in [6.45, 7) is 5.59. The second kappa shape index (κ2) is 12.3. The van der Waals surface area contributed by atoms with E-state index in [0.29, 0.717) is 12.8 Å². The van der Waals surface area contributed by atoms with E-state index in [9.17, 15) is 14.4 Å². The number of carbonyl (C=O) groups excluding carboxylic acids is 3. The molecule has 3 amide bonds. The summed E-state index contributed by atoms with van der Waals surface area (Å²) in [6.07, 6.45) is 2.97. The Morgan fingerprint density at radius 1 is 0.970 bits per heavy atom. The van der Waals surface area contributed by atoms with Crippen molar-refractivity contribution in [2.45, 2.75) is 50.6 Å². The molecular formula is C25H34N4O3S. The highest BCUT2D eigenvalue weighted by atomic mass is 32.2. The Morgan fingerprint density at radius 2 is 1.61 bits per heavy atom. The molecule has 0 saturated heterocycles. The van der Waals surface area contributed by atoms with Crippen LogP contribution in [0.5, 0.6) is 0 Å². The first-order chi connectivity index (χ1) is 15.6. The van der Waals surface area contributed by atoms with Gasteiger partial charge in [-0.2, -0.15) is 0 Å². The molecular weight excluding hydrogens is 436 g/mol. The Balaban J connectivity index is 1.97. The third-order valence-electron chi connectivity index (χ3n) is 5.20. The Labute approximate surface area is 200 Å². The van der Waals surface area contributed by atoms with Gasteiger partial charge in [0.2, 0.25) is 17.7 Å². The molecule has 2 atom stereocenters. The second-order valence-electron chi connectivity index (χ2n) is 8.94. The van der Waals surface area contributed by atoms with Crippen LogP contribution in [0.15, 0.2) is 59.5 Å². The molecule has 2 rings (SSSR count). The number of amides is 3. The van der Waals surface area contributed by atoms with Gasteiger partial charge in [0.25, 0.3) is 0 Å². The van der Waals surface area contributed by atoms with Gasteiger partial charge in [-0.1, -0.05) is 51.1 Å². The van der Waals surface area contributed by atoms with Gasteiger partial charge in [0.15, 0.2) is 0 Å². The first-order valence-electron chi connectivity index (χ1n) is 10.9. The molecule has 7 nitrogen and oxygen atoms in total. The van der Waals surface area contributed by atoms with Crippen LogP contribution in [0, 0.1) is 5.41 Å². The fourth-order valence-corrected chi connectivity index (χ4v) is 3.68. The lowest BCUT2D eigenvalue weighted by Gasteiger charge is -2.31. The van der Waals surface area contributed by atoms with Crippen molar-refractivity contribution in [1.82, 2.24) is 10.6 Å². The van der Waals surface area contributed by atoms with Crippen molar-refractivity contribution in [2.24, 2.45) is 11.1 Å². The van der Waals surface area contributed by atoms with Crippen molar-refractivity contribution >= 4 is 35.2 Å². The number of rotatable bonds is 11. The molecule has 0 saturated carbocycles. The molecule has 178 valence electrons. The van der Waals surface area contributed by atoms with Crippen molar-refractivity contribution < 1.29 is 14.4 Å². The minimum atomic E-state index is -0.829. The lowest BCUT2D eigenvalue weighted by molar-refractivity contribution is -0.133. The molecule has 8 heteroatoms. The molecule has 5 N–H and O–H groups in total. The van der Waals surface area contributed by atoms with Crippen LogP contribution in [-0.2, 0) is 20.8 Å². The van der Waals surface area contributed by atoms with Crippen LogP contribution in [0.25, 0.3) is 0 Å². The number of nitrogens with two attached hydrogens (primary N) is 1. The number of benzene rings is 2. The van der Waals surface area contributed by atoms with E-state index in [1.807, 2.05) is 81.6 Å². The third-order valence-corrected chi connectivity index (χ3v) is 5.94. The molecule has 2 aromatic carbocycles. The summed E-state index contributed by atoms with van der Waals surface area (Å²) in [5.74, 6) is -1.36. The number of thioether (sulfide) groups is 1. The summed E-state index contributed by atoms with van der Waals surface area (Å²) in [7, 11) is 0. The predicted octanol–water partition coefficient (Wildman–Crippen LogP) is 2.95. The largest absolute Gasteiger partial charge is 0.376 e. The fraction of sp³-hybridized carbons (Fsp3) is 0.400. The second-order valence-corrected chi connectivity index (χ2v) is 9.82. The third kappa shape index (κ3) is 8.81. The number of hydrogen-bond acceptors (Lipinski definition) is 5. The number of carbonyl (C=O) groups is 3. The maximum Gasteiger partial charge on any atom is 0.243 e. The first kappa shape index (κ1) is 26.3. The number of anilines is 1. The highest BCUT2D eigenvalue weighted by Gasteiger charge is 2.34. The molecule has 2 aromatic rings. The van der Waals surface area contributed by atoms with E-state index in [1.165, 1.54) is 0 Å². The van der Waals surface area contributed by atoms with Gasteiger partial charge in [-0.3, -0.25) is 14.4 Å². The molecule has 0 heterocycles.